The van der Waals surface area contributed by atoms with E-state index in [9.17, 15) is 0 Å². The topological polar surface area (TPSA) is 78.9 Å². The number of nitrogens with one attached hydrogen (secondary N) is 1. The summed E-state index contributed by atoms with van der Waals surface area (Å²) in [6.45, 7) is 1.88. The number of pyridine rings is 1. The van der Waals surface area contributed by atoms with Crippen molar-refractivity contribution in [3.8, 4) is 0 Å². The SMILES string of the molecule is Cc1nc2nonc2c(C(=N)N(C)C)c1I. The highest BCUT2D eigenvalue weighted by atomic mass is 127. The molecule has 6 nitrogen and oxygen atoms in total. The van der Waals surface area contributed by atoms with Crippen molar-refractivity contribution in [2.45, 2.75) is 6.92 Å². The molecule has 0 spiro atoms. The minimum absolute atomic E-state index is 0.371. The summed E-state index contributed by atoms with van der Waals surface area (Å²) in [4.78, 5) is 5.96. The zero-order valence-corrected chi connectivity index (χ0v) is 11.2. The molecule has 7 heteroatoms. The molecule has 0 fully saturated rings. The minimum Gasteiger partial charge on any atom is -0.363 e. The van der Waals surface area contributed by atoms with Crippen molar-refractivity contribution >= 4 is 39.6 Å². The molecule has 0 bridgehead atoms. The monoisotopic (exact) mass is 331 g/mol. The third kappa shape index (κ3) is 1.64. The van der Waals surface area contributed by atoms with Crippen molar-refractivity contribution in [3.63, 3.8) is 0 Å². The van der Waals surface area contributed by atoms with E-state index >= 15 is 0 Å². The van der Waals surface area contributed by atoms with Crippen LogP contribution in [-0.4, -0.2) is 40.1 Å². The lowest BCUT2D eigenvalue weighted by atomic mass is 10.2. The van der Waals surface area contributed by atoms with Gasteiger partial charge in [-0.1, -0.05) is 0 Å². The number of aromatic nitrogens is 3. The highest BCUT2D eigenvalue weighted by molar-refractivity contribution is 14.1. The molecule has 2 aromatic rings. The lowest BCUT2D eigenvalue weighted by molar-refractivity contribution is 0.314. The van der Waals surface area contributed by atoms with Crippen LogP contribution in [0.2, 0.25) is 0 Å². The molecule has 0 saturated carbocycles. The minimum atomic E-state index is 0.371. The number of hydrogen-bond donors (Lipinski definition) is 1. The molecule has 0 unspecified atom stereocenters. The molecule has 0 saturated heterocycles. The second kappa shape index (κ2) is 3.96. The van der Waals surface area contributed by atoms with E-state index in [4.69, 9.17) is 5.41 Å². The van der Waals surface area contributed by atoms with Gasteiger partial charge in [0.1, 0.15) is 5.84 Å². The molecular formula is C9H10IN5O. The molecule has 16 heavy (non-hydrogen) atoms. The summed E-state index contributed by atoms with van der Waals surface area (Å²) in [7, 11) is 3.63. The van der Waals surface area contributed by atoms with Gasteiger partial charge in [-0.2, -0.15) is 0 Å². The maximum atomic E-state index is 8.03. The van der Waals surface area contributed by atoms with Crippen molar-refractivity contribution in [1.29, 1.82) is 5.41 Å². The maximum Gasteiger partial charge on any atom is 0.225 e. The largest absolute Gasteiger partial charge is 0.363 e. The smallest absolute Gasteiger partial charge is 0.225 e. The first-order valence-electron chi connectivity index (χ1n) is 4.57. The van der Waals surface area contributed by atoms with Crippen LogP contribution in [0, 0.1) is 15.9 Å². The van der Waals surface area contributed by atoms with E-state index in [1.807, 2.05) is 21.0 Å². The van der Waals surface area contributed by atoms with E-state index in [-0.39, 0.29) is 0 Å². The van der Waals surface area contributed by atoms with Crippen LogP contribution < -0.4 is 0 Å². The first-order valence-corrected chi connectivity index (χ1v) is 5.65. The third-order valence-electron chi connectivity index (χ3n) is 2.20. The van der Waals surface area contributed by atoms with E-state index in [2.05, 4.69) is 42.5 Å². The van der Waals surface area contributed by atoms with E-state index < -0.39 is 0 Å². The molecule has 0 amide bonds. The Morgan fingerprint density at radius 2 is 2.06 bits per heavy atom. The van der Waals surface area contributed by atoms with Gasteiger partial charge in [-0.25, -0.2) is 9.61 Å². The van der Waals surface area contributed by atoms with Gasteiger partial charge in [-0.05, 0) is 39.8 Å². The van der Waals surface area contributed by atoms with Crippen LogP contribution in [0.4, 0.5) is 0 Å². The fourth-order valence-electron chi connectivity index (χ4n) is 1.35. The average Bonchev–Trinajstić information content (AvgIpc) is 2.66. The van der Waals surface area contributed by atoms with Gasteiger partial charge < -0.3 is 4.90 Å². The Morgan fingerprint density at radius 1 is 1.38 bits per heavy atom. The number of aryl methyl sites for hydroxylation is 1. The Bertz CT molecular complexity index is 562. The molecule has 2 aromatic heterocycles. The standard InChI is InChI=1S/C9H10IN5O/c1-4-6(10)5(8(11)15(2)3)7-9(12-4)14-16-13-7/h11H,1-3H3. The van der Waals surface area contributed by atoms with Gasteiger partial charge >= 0.3 is 0 Å². The number of rotatable bonds is 1. The predicted molar refractivity (Wildman–Crippen MR) is 67.6 cm³/mol. The molecule has 2 rings (SSSR count). The summed E-state index contributed by atoms with van der Waals surface area (Å²) in [6, 6.07) is 0. The number of amidine groups is 1. The van der Waals surface area contributed by atoms with Crippen molar-refractivity contribution in [2.24, 2.45) is 0 Å². The molecule has 0 aromatic carbocycles. The van der Waals surface area contributed by atoms with Crippen LogP contribution in [0.1, 0.15) is 11.3 Å². The second-order valence-electron chi connectivity index (χ2n) is 3.57. The second-order valence-corrected chi connectivity index (χ2v) is 4.64. The van der Waals surface area contributed by atoms with Gasteiger partial charge in [0.15, 0.2) is 5.52 Å². The van der Waals surface area contributed by atoms with Crippen LogP contribution in [0.5, 0.6) is 0 Å². The third-order valence-corrected chi connectivity index (χ3v) is 3.52. The van der Waals surface area contributed by atoms with Crippen molar-refractivity contribution in [2.75, 3.05) is 14.1 Å². The quantitative estimate of drug-likeness (QED) is 0.486. The summed E-state index contributed by atoms with van der Waals surface area (Å²) in [6.07, 6.45) is 0. The Balaban J connectivity index is 2.79. The Labute approximate surface area is 106 Å². The number of fused-ring (bicyclic) bond motifs is 1. The molecule has 2 heterocycles. The summed E-state index contributed by atoms with van der Waals surface area (Å²) < 4.78 is 5.57. The van der Waals surface area contributed by atoms with Crippen molar-refractivity contribution in [1.82, 2.24) is 20.2 Å². The van der Waals surface area contributed by atoms with Crippen LogP contribution in [0.3, 0.4) is 0 Å². The number of hydrogen-bond acceptors (Lipinski definition) is 5. The highest BCUT2D eigenvalue weighted by Crippen LogP contribution is 2.23. The van der Waals surface area contributed by atoms with E-state index in [0.717, 1.165) is 9.26 Å². The first-order chi connectivity index (χ1) is 7.52. The van der Waals surface area contributed by atoms with Crippen LogP contribution in [-0.2, 0) is 0 Å². The molecule has 84 valence electrons. The molecule has 0 atom stereocenters. The van der Waals surface area contributed by atoms with Crippen molar-refractivity contribution in [3.05, 3.63) is 14.8 Å². The zero-order chi connectivity index (χ0) is 11.9. The molecule has 0 aliphatic carbocycles. The van der Waals surface area contributed by atoms with Gasteiger partial charge in [0.25, 0.3) is 0 Å². The average molecular weight is 331 g/mol. The summed E-state index contributed by atoms with van der Waals surface area (Å²) in [5, 5.41) is 15.5. The van der Waals surface area contributed by atoms with Gasteiger partial charge in [0.2, 0.25) is 5.65 Å². The lowest BCUT2D eigenvalue weighted by Crippen LogP contribution is -2.23. The molecular weight excluding hydrogens is 321 g/mol. The van der Waals surface area contributed by atoms with E-state index in [0.29, 0.717) is 22.6 Å². The van der Waals surface area contributed by atoms with E-state index in [1.54, 1.807) is 4.90 Å². The molecule has 0 aliphatic rings. The van der Waals surface area contributed by atoms with Crippen LogP contribution in [0.15, 0.2) is 4.63 Å². The Kier molecular flexibility index (Phi) is 2.78. The summed E-state index contributed by atoms with van der Waals surface area (Å²) in [5.74, 6) is 0.371. The molecule has 0 radical (unpaired) electrons. The van der Waals surface area contributed by atoms with Gasteiger partial charge in [0, 0.05) is 17.7 Å². The highest BCUT2D eigenvalue weighted by Gasteiger charge is 2.19. The summed E-state index contributed by atoms with van der Waals surface area (Å²) >= 11 is 2.16. The fourth-order valence-corrected chi connectivity index (χ4v) is 1.98. The molecule has 0 aliphatic heterocycles. The Morgan fingerprint density at radius 3 is 2.69 bits per heavy atom. The first kappa shape index (κ1) is 11.2. The zero-order valence-electron chi connectivity index (χ0n) is 9.08. The van der Waals surface area contributed by atoms with Gasteiger partial charge in [-0.3, -0.25) is 5.41 Å². The number of halogens is 1. The van der Waals surface area contributed by atoms with Gasteiger partial charge in [-0.15, -0.1) is 0 Å². The number of nitrogens with zero attached hydrogens (tertiary/aromatic N) is 4. The summed E-state index contributed by atoms with van der Waals surface area (Å²) in [5.41, 5.74) is 2.52. The predicted octanol–water partition coefficient (Wildman–Crippen LogP) is 1.42. The van der Waals surface area contributed by atoms with Crippen LogP contribution >= 0.6 is 22.6 Å². The fraction of sp³-hybridized carbons (Fsp3) is 0.333. The molecule has 1 N–H and O–H groups in total. The lowest BCUT2D eigenvalue weighted by Gasteiger charge is -2.15. The Hall–Kier alpha value is -1.25. The van der Waals surface area contributed by atoms with Crippen LogP contribution in [0.25, 0.3) is 11.2 Å². The van der Waals surface area contributed by atoms with E-state index in [1.165, 1.54) is 0 Å². The van der Waals surface area contributed by atoms with Crippen molar-refractivity contribution < 1.29 is 4.63 Å². The maximum absolute atomic E-state index is 8.03. The van der Waals surface area contributed by atoms with Gasteiger partial charge in [0.05, 0.1) is 11.3 Å². The normalized spacial score (nSPS) is 10.8.